The van der Waals surface area contributed by atoms with Crippen LogP contribution in [0.2, 0.25) is 0 Å². The summed E-state index contributed by atoms with van der Waals surface area (Å²) < 4.78 is 5.72. The molecule has 0 spiro atoms. The van der Waals surface area contributed by atoms with E-state index >= 15 is 0 Å². The zero-order valence-corrected chi connectivity index (χ0v) is 10.7. The van der Waals surface area contributed by atoms with Crippen LogP contribution in [-0.4, -0.2) is 28.3 Å². The SMILES string of the molecule is Cl.c1cncc(-c2nnc(C3CCNCC3)o2)c1. The van der Waals surface area contributed by atoms with Gasteiger partial charge in [0.05, 0.1) is 5.56 Å². The topological polar surface area (TPSA) is 63.8 Å². The largest absolute Gasteiger partial charge is 0.420 e. The number of aromatic nitrogens is 3. The van der Waals surface area contributed by atoms with Crippen LogP contribution in [0.15, 0.2) is 28.9 Å². The van der Waals surface area contributed by atoms with E-state index in [1.807, 2.05) is 12.1 Å². The number of nitrogens with zero attached hydrogens (tertiary/aromatic N) is 3. The van der Waals surface area contributed by atoms with Gasteiger partial charge in [0, 0.05) is 18.3 Å². The van der Waals surface area contributed by atoms with E-state index in [9.17, 15) is 0 Å². The van der Waals surface area contributed by atoms with E-state index in [0.29, 0.717) is 11.8 Å². The van der Waals surface area contributed by atoms with E-state index < -0.39 is 0 Å². The van der Waals surface area contributed by atoms with Crippen LogP contribution in [-0.2, 0) is 0 Å². The Morgan fingerprint density at radius 2 is 2.06 bits per heavy atom. The van der Waals surface area contributed by atoms with Gasteiger partial charge in [0.25, 0.3) is 0 Å². The molecule has 96 valence electrons. The summed E-state index contributed by atoms with van der Waals surface area (Å²) in [6, 6.07) is 3.79. The highest BCUT2D eigenvalue weighted by atomic mass is 35.5. The minimum atomic E-state index is 0. The van der Waals surface area contributed by atoms with Crippen LogP contribution in [0.5, 0.6) is 0 Å². The minimum Gasteiger partial charge on any atom is -0.420 e. The van der Waals surface area contributed by atoms with Crippen LogP contribution in [0.3, 0.4) is 0 Å². The Morgan fingerprint density at radius 3 is 2.78 bits per heavy atom. The van der Waals surface area contributed by atoms with Gasteiger partial charge in [-0.2, -0.15) is 0 Å². The Kier molecular flexibility index (Phi) is 4.28. The van der Waals surface area contributed by atoms with Crippen molar-refractivity contribution in [2.24, 2.45) is 0 Å². The second-order valence-corrected chi connectivity index (χ2v) is 4.21. The first-order valence-corrected chi connectivity index (χ1v) is 5.88. The summed E-state index contributed by atoms with van der Waals surface area (Å²) in [7, 11) is 0. The highest BCUT2D eigenvalue weighted by molar-refractivity contribution is 5.85. The summed E-state index contributed by atoms with van der Waals surface area (Å²) >= 11 is 0. The molecule has 0 saturated carbocycles. The second kappa shape index (κ2) is 5.93. The molecule has 0 atom stereocenters. The number of halogens is 1. The van der Waals surface area contributed by atoms with E-state index in [-0.39, 0.29) is 12.4 Å². The highest BCUT2D eigenvalue weighted by Gasteiger charge is 2.21. The predicted octanol–water partition coefficient (Wildman–Crippen LogP) is 2.02. The molecule has 6 heteroatoms. The van der Waals surface area contributed by atoms with Crippen LogP contribution in [0.4, 0.5) is 0 Å². The molecule has 0 aliphatic carbocycles. The standard InChI is InChI=1S/C12H14N4O.ClH/c1-2-10(8-14-5-1)12-16-15-11(17-12)9-3-6-13-7-4-9;/h1-2,5,8-9,13H,3-4,6-7H2;1H. The van der Waals surface area contributed by atoms with Gasteiger partial charge in [0.1, 0.15) is 0 Å². The summed E-state index contributed by atoms with van der Waals surface area (Å²) in [5.41, 5.74) is 0.875. The first-order valence-electron chi connectivity index (χ1n) is 5.88. The number of pyridine rings is 1. The quantitative estimate of drug-likeness (QED) is 0.901. The van der Waals surface area contributed by atoms with Crippen LogP contribution in [0.1, 0.15) is 24.7 Å². The number of hydrogen-bond donors (Lipinski definition) is 1. The average Bonchev–Trinajstić information content (AvgIpc) is 2.90. The smallest absolute Gasteiger partial charge is 0.249 e. The molecule has 3 heterocycles. The molecular formula is C12H15ClN4O. The van der Waals surface area contributed by atoms with Crippen molar-refractivity contribution in [1.29, 1.82) is 0 Å². The van der Waals surface area contributed by atoms with Crippen molar-refractivity contribution in [2.45, 2.75) is 18.8 Å². The summed E-state index contributed by atoms with van der Waals surface area (Å²) in [4.78, 5) is 4.05. The molecular weight excluding hydrogens is 252 g/mol. The third kappa shape index (κ3) is 2.68. The third-order valence-corrected chi connectivity index (χ3v) is 3.04. The van der Waals surface area contributed by atoms with Crippen LogP contribution in [0, 0.1) is 0 Å². The molecule has 0 bridgehead atoms. The van der Waals surface area contributed by atoms with Crippen molar-refractivity contribution in [1.82, 2.24) is 20.5 Å². The third-order valence-electron chi connectivity index (χ3n) is 3.04. The lowest BCUT2D eigenvalue weighted by atomic mass is 9.98. The summed E-state index contributed by atoms with van der Waals surface area (Å²) in [5, 5.41) is 11.6. The average molecular weight is 267 g/mol. The Bertz CT molecular complexity index is 482. The summed E-state index contributed by atoms with van der Waals surface area (Å²) in [5.74, 6) is 1.71. The van der Waals surface area contributed by atoms with Crippen molar-refractivity contribution < 1.29 is 4.42 Å². The summed E-state index contributed by atoms with van der Waals surface area (Å²) in [6.45, 7) is 2.05. The minimum absolute atomic E-state index is 0. The monoisotopic (exact) mass is 266 g/mol. The van der Waals surface area contributed by atoms with Gasteiger partial charge < -0.3 is 9.73 Å². The first kappa shape index (κ1) is 13.0. The van der Waals surface area contributed by atoms with Gasteiger partial charge in [-0.3, -0.25) is 4.98 Å². The maximum absolute atomic E-state index is 5.72. The molecule has 0 unspecified atom stereocenters. The lowest BCUT2D eigenvalue weighted by molar-refractivity contribution is 0.378. The normalized spacial score (nSPS) is 16.2. The highest BCUT2D eigenvalue weighted by Crippen LogP contribution is 2.26. The first-order chi connectivity index (χ1) is 8.43. The lowest BCUT2D eigenvalue weighted by Crippen LogP contribution is -2.26. The Balaban J connectivity index is 0.00000120. The van der Waals surface area contributed by atoms with Crippen molar-refractivity contribution in [3.8, 4) is 11.5 Å². The van der Waals surface area contributed by atoms with Gasteiger partial charge in [-0.15, -0.1) is 22.6 Å². The van der Waals surface area contributed by atoms with Crippen molar-refractivity contribution in [3.05, 3.63) is 30.4 Å². The Hall–Kier alpha value is -1.46. The van der Waals surface area contributed by atoms with E-state index in [2.05, 4.69) is 20.5 Å². The molecule has 3 rings (SSSR count). The maximum Gasteiger partial charge on any atom is 0.249 e. The van der Waals surface area contributed by atoms with Gasteiger partial charge >= 0.3 is 0 Å². The summed E-state index contributed by atoms with van der Waals surface area (Å²) in [6.07, 6.45) is 5.59. The van der Waals surface area contributed by atoms with Gasteiger partial charge in [0.2, 0.25) is 11.8 Å². The van der Waals surface area contributed by atoms with Gasteiger partial charge in [-0.05, 0) is 38.1 Å². The van der Waals surface area contributed by atoms with Gasteiger partial charge in [-0.1, -0.05) is 0 Å². The molecule has 2 aromatic heterocycles. The fourth-order valence-corrected chi connectivity index (χ4v) is 2.07. The molecule has 1 N–H and O–H groups in total. The fourth-order valence-electron chi connectivity index (χ4n) is 2.07. The number of piperidine rings is 1. The predicted molar refractivity (Wildman–Crippen MR) is 69.6 cm³/mol. The van der Waals surface area contributed by atoms with E-state index in [0.717, 1.165) is 37.4 Å². The van der Waals surface area contributed by atoms with Crippen LogP contribution >= 0.6 is 12.4 Å². The zero-order valence-electron chi connectivity index (χ0n) is 9.87. The molecule has 1 aliphatic rings. The Labute approximate surface area is 111 Å². The second-order valence-electron chi connectivity index (χ2n) is 4.21. The van der Waals surface area contributed by atoms with Crippen molar-refractivity contribution >= 4 is 12.4 Å². The molecule has 0 amide bonds. The number of nitrogens with one attached hydrogen (secondary N) is 1. The molecule has 5 nitrogen and oxygen atoms in total. The lowest BCUT2D eigenvalue weighted by Gasteiger charge is -2.18. The Morgan fingerprint density at radius 1 is 1.22 bits per heavy atom. The molecule has 0 radical (unpaired) electrons. The van der Waals surface area contributed by atoms with Gasteiger partial charge in [0.15, 0.2) is 0 Å². The molecule has 0 aromatic carbocycles. The van der Waals surface area contributed by atoms with Crippen LogP contribution in [0.25, 0.3) is 11.5 Å². The van der Waals surface area contributed by atoms with Crippen molar-refractivity contribution in [2.75, 3.05) is 13.1 Å². The van der Waals surface area contributed by atoms with Gasteiger partial charge in [-0.25, -0.2) is 0 Å². The van der Waals surface area contributed by atoms with Crippen molar-refractivity contribution in [3.63, 3.8) is 0 Å². The molecule has 1 aliphatic heterocycles. The van der Waals surface area contributed by atoms with Crippen LogP contribution < -0.4 is 5.32 Å². The van der Waals surface area contributed by atoms with E-state index in [1.54, 1.807) is 12.4 Å². The van der Waals surface area contributed by atoms with E-state index in [1.165, 1.54) is 0 Å². The fraction of sp³-hybridized carbons (Fsp3) is 0.417. The van der Waals surface area contributed by atoms with E-state index in [4.69, 9.17) is 4.42 Å². The molecule has 2 aromatic rings. The number of hydrogen-bond acceptors (Lipinski definition) is 5. The number of rotatable bonds is 2. The molecule has 1 saturated heterocycles. The maximum atomic E-state index is 5.72. The molecule has 18 heavy (non-hydrogen) atoms. The zero-order chi connectivity index (χ0) is 11.5. The molecule has 1 fully saturated rings.